The zero-order chi connectivity index (χ0) is 10.2. The number of hydrogen-bond donors (Lipinski definition) is 0. The van der Waals surface area contributed by atoms with Crippen LogP contribution in [0.3, 0.4) is 0 Å². The first kappa shape index (κ1) is 17.7. The Morgan fingerprint density at radius 2 is 1.08 bits per heavy atom. The van der Waals surface area contributed by atoms with Crippen molar-refractivity contribution >= 4 is 0 Å². The predicted octanol–water partition coefficient (Wildman–Crippen LogP) is 5.20. The van der Waals surface area contributed by atoms with E-state index in [4.69, 9.17) is 0 Å². The molecular weight excluding hydrogens is 144 g/mol. The molecule has 0 spiro atoms. The maximum Gasteiger partial charge on any atom is -0.0473 e. The van der Waals surface area contributed by atoms with E-state index in [1.165, 1.54) is 32.1 Å². The Morgan fingerprint density at radius 1 is 0.917 bits per heavy atom. The summed E-state index contributed by atoms with van der Waals surface area (Å²) in [6.07, 6.45) is 8.54. The fraction of sp³-hybridized carbons (Fsp3) is 0.833. The molecular formula is C12H28. The van der Waals surface area contributed by atoms with Gasteiger partial charge in [0.2, 0.25) is 0 Å². The molecule has 0 heterocycles. The van der Waals surface area contributed by atoms with E-state index >= 15 is 0 Å². The Balaban J connectivity index is -0.000000115. The third-order valence-electron chi connectivity index (χ3n) is 0.957. The molecule has 0 heteroatoms. The van der Waals surface area contributed by atoms with Crippen LogP contribution in [0.25, 0.3) is 0 Å². The van der Waals surface area contributed by atoms with Crippen LogP contribution in [-0.2, 0) is 0 Å². The summed E-state index contributed by atoms with van der Waals surface area (Å²) in [5, 5.41) is 0. The summed E-state index contributed by atoms with van der Waals surface area (Å²) >= 11 is 0. The van der Waals surface area contributed by atoms with Gasteiger partial charge in [-0.15, -0.1) is 6.58 Å². The Labute approximate surface area is 80.1 Å². The largest absolute Gasteiger partial charge is 0.103 e. The van der Waals surface area contributed by atoms with Gasteiger partial charge in [0.25, 0.3) is 0 Å². The Hall–Kier alpha value is -0.260. The smallest absolute Gasteiger partial charge is 0.0473 e. The van der Waals surface area contributed by atoms with Crippen molar-refractivity contribution in [1.82, 2.24) is 0 Å². The lowest BCUT2D eigenvalue weighted by Gasteiger charge is -1.86. The van der Waals surface area contributed by atoms with E-state index in [1.54, 1.807) is 6.08 Å². The van der Waals surface area contributed by atoms with Gasteiger partial charge in [0.1, 0.15) is 0 Å². The third-order valence-corrected chi connectivity index (χ3v) is 0.957. The highest BCUT2D eigenvalue weighted by molar-refractivity contribution is 4.51. The monoisotopic (exact) mass is 172 g/mol. The summed E-state index contributed by atoms with van der Waals surface area (Å²) in [4.78, 5) is 0. The van der Waals surface area contributed by atoms with E-state index < -0.39 is 0 Å². The highest BCUT2D eigenvalue weighted by Gasteiger charge is 1.75. The van der Waals surface area contributed by atoms with Crippen molar-refractivity contribution in [3.05, 3.63) is 12.7 Å². The second-order valence-electron chi connectivity index (χ2n) is 2.82. The van der Waals surface area contributed by atoms with Crippen molar-refractivity contribution < 1.29 is 0 Å². The highest BCUT2D eigenvalue weighted by Crippen LogP contribution is 1.95. The molecule has 0 bridgehead atoms. The summed E-state index contributed by atoms with van der Waals surface area (Å²) < 4.78 is 0. The van der Waals surface area contributed by atoms with E-state index in [-0.39, 0.29) is 0 Å². The van der Waals surface area contributed by atoms with Crippen molar-refractivity contribution in [3.63, 3.8) is 0 Å². The summed E-state index contributed by atoms with van der Waals surface area (Å²) in [6.45, 7) is 14.0. The molecule has 0 radical (unpaired) electrons. The van der Waals surface area contributed by atoms with E-state index in [2.05, 4.69) is 34.3 Å². The Bertz CT molecular complexity index is 42.0. The molecule has 12 heavy (non-hydrogen) atoms. The quantitative estimate of drug-likeness (QED) is 0.405. The van der Waals surface area contributed by atoms with E-state index in [0.29, 0.717) is 0 Å². The van der Waals surface area contributed by atoms with E-state index in [1.807, 2.05) is 6.92 Å². The van der Waals surface area contributed by atoms with Crippen LogP contribution in [-0.4, -0.2) is 0 Å². The molecule has 0 saturated carbocycles. The maximum atomic E-state index is 3.36. The lowest BCUT2D eigenvalue weighted by Crippen LogP contribution is -1.66. The fourth-order valence-corrected chi connectivity index (χ4v) is 0.500. The normalized spacial score (nSPS) is 7.08. The molecule has 0 aromatic heterocycles. The fourth-order valence-electron chi connectivity index (χ4n) is 0.500. The van der Waals surface area contributed by atoms with Crippen molar-refractivity contribution in [1.29, 1.82) is 0 Å². The zero-order valence-electron chi connectivity index (χ0n) is 9.82. The van der Waals surface area contributed by atoms with Crippen LogP contribution in [0.5, 0.6) is 0 Å². The van der Waals surface area contributed by atoms with Gasteiger partial charge in [-0.1, -0.05) is 65.9 Å². The minimum Gasteiger partial charge on any atom is -0.103 e. The summed E-state index contributed by atoms with van der Waals surface area (Å²) in [5.41, 5.74) is 0. The van der Waals surface area contributed by atoms with Crippen LogP contribution in [0, 0.1) is 0 Å². The second kappa shape index (κ2) is 30.9. The first-order valence-corrected chi connectivity index (χ1v) is 5.31. The maximum absolute atomic E-state index is 3.36. The first-order chi connectivity index (χ1) is 5.74. The lowest BCUT2D eigenvalue weighted by atomic mass is 10.2. The topological polar surface area (TPSA) is 0 Å². The molecule has 76 valence electrons. The number of unbranched alkanes of at least 4 members (excludes halogenated alkanes) is 3. The molecule has 0 unspecified atom stereocenters. The third kappa shape index (κ3) is 99.1. The van der Waals surface area contributed by atoms with Crippen LogP contribution in [0.15, 0.2) is 12.7 Å². The van der Waals surface area contributed by atoms with Gasteiger partial charge in [-0.05, 0) is 6.92 Å². The van der Waals surface area contributed by atoms with Crippen LogP contribution < -0.4 is 0 Å². The molecule has 0 fully saturated rings. The zero-order valence-corrected chi connectivity index (χ0v) is 9.82. The summed E-state index contributed by atoms with van der Waals surface area (Å²) in [6, 6.07) is 0. The Kier molecular flexibility index (Phi) is 45.7. The van der Waals surface area contributed by atoms with Gasteiger partial charge < -0.3 is 0 Å². The molecule has 0 aliphatic carbocycles. The molecule has 0 N–H and O–H groups in total. The van der Waals surface area contributed by atoms with Crippen LogP contribution in [0.2, 0.25) is 0 Å². The lowest BCUT2D eigenvalue weighted by molar-refractivity contribution is 0.702. The van der Waals surface area contributed by atoms with Crippen LogP contribution in [0.4, 0.5) is 0 Å². The molecule has 0 amide bonds. The van der Waals surface area contributed by atoms with Gasteiger partial charge in [0.05, 0.1) is 0 Å². The predicted molar refractivity (Wildman–Crippen MR) is 61.7 cm³/mol. The van der Waals surface area contributed by atoms with Gasteiger partial charge in [0.15, 0.2) is 0 Å². The van der Waals surface area contributed by atoms with Gasteiger partial charge in [-0.2, -0.15) is 0 Å². The molecule has 0 aromatic carbocycles. The van der Waals surface area contributed by atoms with Gasteiger partial charge >= 0.3 is 0 Å². The highest BCUT2D eigenvalue weighted by atomic mass is 13.8. The number of hydrogen-bond acceptors (Lipinski definition) is 0. The van der Waals surface area contributed by atoms with E-state index in [9.17, 15) is 0 Å². The molecule has 0 rings (SSSR count). The molecule has 0 nitrogen and oxygen atoms in total. The standard InChI is InChI=1S/C6H14.C3H8.C3H6/c1-3-5-6-4-2;2*1-3-2/h3-6H2,1-2H3;3H2,1-2H3;3H,1H2,2H3. The Morgan fingerprint density at radius 3 is 1.17 bits per heavy atom. The average Bonchev–Trinajstić information content (AvgIpc) is 2.04. The van der Waals surface area contributed by atoms with Crippen molar-refractivity contribution in [3.8, 4) is 0 Å². The first-order valence-electron chi connectivity index (χ1n) is 5.31. The molecule has 0 aromatic rings. The number of allylic oxidation sites excluding steroid dienone is 1. The van der Waals surface area contributed by atoms with Crippen LogP contribution >= 0.6 is 0 Å². The van der Waals surface area contributed by atoms with Crippen LogP contribution in [0.1, 0.15) is 66.7 Å². The molecule has 0 atom stereocenters. The minimum atomic E-state index is 1.25. The summed E-state index contributed by atoms with van der Waals surface area (Å²) in [5.74, 6) is 0. The van der Waals surface area contributed by atoms with Crippen molar-refractivity contribution in [2.45, 2.75) is 66.7 Å². The van der Waals surface area contributed by atoms with Gasteiger partial charge in [0, 0.05) is 0 Å². The molecule has 0 aliphatic rings. The van der Waals surface area contributed by atoms with Gasteiger partial charge in [-0.3, -0.25) is 0 Å². The molecule has 0 aliphatic heterocycles. The second-order valence-corrected chi connectivity index (χ2v) is 2.82. The van der Waals surface area contributed by atoms with Crippen molar-refractivity contribution in [2.24, 2.45) is 0 Å². The minimum absolute atomic E-state index is 1.25. The SMILES string of the molecule is C=CC.CCC.CCCCCC. The van der Waals surface area contributed by atoms with Crippen molar-refractivity contribution in [2.75, 3.05) is 0 Å². The summed E-state index contributed by atoms with van der Waals surface area (Å²) in [7, 11) is 0. The van der Waals surface area contributed by atoms with Gasteiger partial charge in [-0.25, -0.2) is 0 Å². The van der Waals surface area contributed by atoms with E-state index in [0.717, 1.165) is 0 Å². The molecule has 0 saturated heterocycles. The average molecular weight is 172 g/mol. The number of rotatable bonds is 3.